The maximum Gasteiger partial charge on any atom is 0.112 e. The molecule has 0 saturated carbocycles. The highest BCUT2D eigenvalue weighted by molar-refractivity contribution is 6.30. The van der Waals surface area contributed by atoms with Crippen molar-refractivity contribution in [2.45, 2.75) is 19.4 Å². The molecule has 22 heavy (non-hydrogen) atoms. The smallest absolute Gasteiger partial charge is 0.112 e. The first-order valence-corrected chi connectivity index (χ1v) is 7.98. The highest BCUT2D eigenvalue weighted by Crippen LogP contribution is 2.28. The highest BCUT2D eigenvalue weighted by Gasteiger charge is 2.30. The summed E-state index contributed by atoms with van der Waals surface area (Å²) in [4.78, 5) is 10.6. The lowest BCUT2D eigenvalue weighted by Gasteiger charge is -2.38. The largest absolute Gasteiger partial charge is 0.342 e. The Hall–Kier alpha value is -1.84. The normalized spacial score (nSPS) is 16.1. The Kier molecular flexibility index (Phi) is 3.40. The Bertz CT molecular complexity index is 818. The molecule has 0 radical (unpaired) electrons. The fourth-order valence-electron chi connectivity index (χ4n) is 3.10. The quantitative estimate of drug-likeness (QED) is 0.789. The predicted molar refractivity (Wildman–Crippen MR) is 90.3 cm³/mol. The Morgan fingerprint density at radius 2 is 2.09 bits per heavy atom. The maximum atomic E-state index is 6.04. The number of aromatic nitrogens is 2. The summed E-state index contributed by atoms with van der Waals surface area (Å²) in [5.74, 6) is 1.62. The monoisotopic (exact) mass is 311 g/mol. The molecule has 0 spiro atoms. The van der Waals surface area contributed by atoms with Crippen molar-refractivity contribution in [1.82, 2.24) is 14.9 Å². The Labute approximate surface area is 134 Å². The van der Waals surface area contributed by atoms with Crippen LogP contribution in [0.2, 0.25) is 5.02 Å². The van der Waals surface area contributed by atoms with E-state index in [1.54, 1.807) is 0 Å². The van der Waals surface area contributed by atoms with E-state index in [0.717, 1.165) is 41.5 Å². The number of hydrogen-bond acceptors (Lipinski definition) is 2. The topological polar surface area (TPSA) is 31.9 Å². The van der Waals surface area contributed by atoms with E-state index in [0.29, 0.717) is 5.92 Å². The van der Waals surface area contributed by atoms with Gasteiger partial charge in [0.25, 0.3) is 0 Å². The van der Waals surface area contributed by atoms with Gasteiger partial charge in [-0.05, 0) is 42.3 Å². The molecular weight excluding hydrogens is 294 g/mol. The molecule has 1 aliphatic rings. The number of aromatic amines is 1. The van der Waals surface area contributed by atoms with Gasteiger partial charge in [0.15, 0.2) is 0 Å². The third-order valence-electron chi connectivity index (χ3n) is 4.29. The maximum absolute atomic E-state index is 6.04. The molecule has 1 N–H and O–H groups in total. The zero-order valence-electron chi connectivity index (χ0n) is 12.5. The van der Waals surface area contributed by atoms with Crippen molar-refractivity contribution in [3.63, 3.8) is 0 Å². The van der Waals surface area contributed by atoms with E-state index in [1.165, 1.54) is 11.1 Å². The third kappa shape index (κ3) is 2.62. The number of halogens is 1. The molecule has 2 heterocycles. The van der Waals surface area contributed by atoms with Crippen molar-refractivity contribution in [2.75, 3.05) is 13.1 Å². The Balaban J connectivity index is 1.43. The summed E-state index contributed by atoms with van der Waals surface area (Å²) in [5.41, 5.74) is 4.74. The number of likely N-dealkylation sites (tertiary alicyclic amines) is 1. The fraction of sp³-hybridized carbons (Fsp3) is 0.278. The first kappa shape index (κ1) is 13.8. The number of imidazole rings is 1. The van der Waals surface area contributed by atoms with Crippen LogP contribution in [0.4, 0.5) is 0 Å². The van der Waals surface area contributed by atoms with Crippen LogP contribution in [0.15, 0.2) is 42.5 Å². The zero-order chi connectivity index (χ0) is 15.1. The molecular formula is C18H18ClN3. The summed E-state index contributed by atoms with van der Waals surface area (Å²) < 4.78 is 0. The van der Waals surface area contributed by atoms with Gasteiger partial charge >= 0.3 is 0 Å². The molecule has 112 valence electrons. The van der Waals surface area contributed by atoms with Gasteiger partial charge in [0, 0.05) is 30.6 Å². The van der Waals surface area contributed by atoms with Gasteiger partial charge in [-0.15, -0.1) is 0 Å². The summed E-state index contributed by atoms with van der Waals surface area (Å²) in [6, 6.07) is 14.5. The van der Waals surface area contributed by atoms with Crippen LogP contribution in [0.1, 0.15) is 22.9 Å². The lowest BCUT2D eigenvalue weighted by Crippen LogP contribution is -2.44. The summed E-state index contributed by atoms with van der Waals surface area (Å²) in [6.07, 6.45) is 0. The van der Waals surface area contributed by atoms with Gasteiger partial charge in [-0.25, -0.2) is 4.98 Å². The van der Waals surface area contributed by atoms with E-state index >= 15 is 0 Å². The predicted octanol–water partition coefficient (Wildman–Crippen LogP) is 4.12. The van der Waals surface area contributed by atoms with Crippen LogP contribution in [0.25, 0.3) is 11.0 Å². The lowest BCUT2D eigenvalue weighted by molar-refractivity contribution is 0.135. The van der Waals surface area contributed by atoms with Crippen molar-refractivity contribution in [3.05, 3.63) is 64.4 Å². The molecule has 0 amide bonds. The van der Waals surface area contributed by atoms with E-state index < -0.39 is 0 Å². The van der Waals surface area contributed by atoms with Crippen LogP contribution in [0, 0.1) is 6.92 Å². The summed E-state index contributed by atoms with van der Waals surface area (Å²) in [5, 5.41) is 0.808. The second-order valence-electron chi connectivity index (χ2n) is 6.16. The van der Waals surface area contributed by atoms with E-state index in [1.807, 2.05) is 18.2 Å². The molecule has 3 aromatic rings. The van der Waals surface area contributed by atoms with Gasteiger partial charge in [-0.3, -0.25) is 4.90 Å². The molecule has 0 bridgehead atoms. The summed E-state index contributed by atoms with van der Waals surface area (Å²) >= 11 is 6.04. The van der Waals surface area contributed by atoms with Crippen molar-refractivity contribution in [1.29, 1.82) is 0 Å². The molecule has 2 aromatic carbocycles. The average Bonchev–Trinajstić information content (AvgIpc) is 2.84. The minimum atomic E-state index is 0.506. The van der Waals surface area contributed by atoms with E-state index in [-0.39, 0.29) is 0 Å². The standard InChI is InChI=1S/C18H18ClN3/c1-12-5-6-16-17(7-12)21-18(20-16)14-10-22(11-14)9-13-3-2-4-15(19)8-13/h2-8,14H,9-11H2,1H3,(H,20,21). The first-order valence-electron chi connectivity index (χ1n) is 7.60. The van der Waals surface area contributed by atoms with Crippen LogP contribution in [-0.2, 0) is 6.54 Å². The van der Waals surface area contributed by atoms with Crippen molar-refractivity contribution in [2.24, 2.45) is 0 Å². The molecule has 0 atom stereocenters. The van der Waals surface area contributed by atoms with Crippen LogP contribution in [0.3, 0.4) is 0 Å². The third-order valence-corrected chi connectivity index (χ3v) is 4.53. The molecule has 1 fully saturated rings. The summed E-state index contributed by atoms with van der Waals surface area (Å²) in [7, 11) is 0. The van der Waals surface area contributed by atoms with Gasteiger partial charge in [0.1, 0.15) is 5.82 Å². The minimum Gasteiger partial charge on any atom is -0.342 e. The molecule has 0 unspecified atom stereocenters. The molecule has 1 aromatic heterocycles. The highest BCUT2D eigenvalue weighted by atomic mass is 35.5. The molecule has 1 aliphatic heterocycles. The van der Waals surface area contributed by atoms with Gasteiger partial charge in [-0.2, -0.15) is 0 Å². The van der Waals surface area contributed by atoms with Crippen molar-refractivity contribution in [3.8, 4) is 0 Å². The van der Waals surface area contributed by atoms with E-state index in [2.05, 4.69) is 41.1 Å². The number of nitrogens with one attached hydrogen (secondary N) is 1. The Morgan fingerprint density at radius 1 is 1.23 bits per heavy atom. The first-order chi connectivity index (χ1) is 10.7. The van der Waals surface area contributed by atoms with Crippen LogP contribution in [0.5, 0.6) is 0 Å². The van der Waals surface area contributed by atoms with Gasteiger partial charge < -0.3 is 4.98 Å². The minimum absolute atomic E-state index is 0.506. The lowest BCUT2D eigenvalue weighted by atomic mass is 9.98. The second kappa shape index (κ2) is 5.41. The zero-order valence-corrected chi connectivity index (χ0v) is 13.3. The molecule has 3 nitrogen and oxygen atoms in total. The fourth-order valence-corrected chi connectivity index (χ4v) is 3.31. The van der Waals surface area contributed by atoms with Crippen LogP contribution in [-0.4, -0.2) is 28.0 Å². The number of aryl methyl sites for hydroxylation is 1. The van der Waals surface area contributed by atoms with Crippen molar-refractivity contribution < 1.29 is 0 Å². The van der Waals surface area contributed by atoms with Crippen LogP contribution >= 0.6 is 11.6 Å². The molecule has 4 rings (SSSR count). The average molecular weight is 312 g/mol. The van der Waals surface area contributed by atoms with Gasteiger partial charge in [0.05, 0.1) is 11.0 Å². The van der Waals surface area contributed by atoms with Crippen molar-refractivity contribution >= 4 is 22.6 Å². The van der Waals surface area contributed by atoms with Crippen LogP contribution < -0.4 is 0 Å². The second-order valence-corrected chi connectivity index (χ2v) is 6.60. The number of benzene rings is 2. The summed E-state index contributed by atoms with van der Waals surface area (Å²) in [6.45, 7) is 5.16. The SMILES string of the molecule is Cc1ccc2nc(C3CN(Cc4cccc(Cl)c4)C3)[nH]c2c1. The Morgan fingerprint density at radius 3 is 2.91 bits per heavy atom. The molecule has 4 heteroatoms. The number of H-pyrrole nitrogens is 1. The van der Waals surface area contributed by atoms with Gasteiger partial charge in [0.2, 0.25) is 0 Å². The van der Waals surface area contributed by atoms with E-state index in [4.69, 9.17) is 16.6 Å². The van der Waals surface area contributed by atoms with E-state index in [9.17, 15) is 0 Å². The number of rotatable bonds is 3. The molecule has 0 aliphatic carbocycles. The number of hydrogen-bond donors (Lipinski definition) is 1. The number of fused-ring (bicyclic) bond motifs is 1. The number of nitrogens with zero attached hydrogens (tertiary/aromatic N) is 2. The molecule has 1 saturated heterocycles. The van der Waals surface area contributed by atoms with Gasteiger partial charge in [-0.1, -0.05) is 29.8 Å².